The SMILES string of the molecule is O=S1(=O)CCC(Cc2nnc(SC/C=C/c3ccccc3)o2)C1. The molecule has 23 heavy (non-hydrogen) atoms. The van der Waals surface area contributed by atoms with Crippen molar-refractivity contribution in [2.45, 2.75) is 18.1 Å². The average Bonchev–Trinajstić information content (AvgIpc) is 3.11. The van der Waals surface area contributed by atoms with Crippen LogP contribution in [0.2, 0.25) is 0 Å². The van der Waals surface area contributed by atoms with Gasteiger partial charge in [0.15, 0.2) is 9.84 Å². The second kappa shape index (κ2) is 7.31. The summed E-state index contributed by atoms with van der Waals surface area (Å²) >= 11 is 1.47. The van der Waals surface area contributed by atoms with Gasteiger partial charge in [-0.1, -0.05) is 54.2 Å². The summed E-state index contributed by atoms with van der Waals surface area (Å²) < 4.78 is 28.5. The van der Waals surface area contributed by atoms with Gasteiger partial charge in [-0.05, 0) is 17.9 Å². The van der Waals surface area contributed by atoms with E-state index in [1.807, 2.05) is 42.5 Å². The van der Waals surface area contributed by atoms with Crippen LogP contribution in [0.15, 0.2) is 46.0 Å². The molecule has 1 atom stereocenters. The zero-order valence-electron chi connectivity index (χ0n) is 12.6. The van der Waals surface area contributed by atoms with Gasteiger partial charge in [-0.2, -0.15) is 0 Å². The summed E-state index contributed by atoms with van der Waals surface area (Å²) in [5, 5.41) is 8.54. The van der Waals surface area contributed by atoms with Crippen molar-refractivity contribution in [2.75, 3.05) is 17.3 Å². The predicted molar refractivity (Wildman–Crippen MR) is 91.0 cm³/mol. The van der Waals surface area contributed by atoms with Gasteiger partial charge >= 0.3 is 0 Å². The zero-order chi connectivity index (χ0) is 16.1. The molecule has 0 aliphatic carbocycles. The third kappa shape index (κ3) is 4.94. The lowest BCUT2D eigenvalue weighted by Gasteiger charge is -2.01. The van der Waals surface area contributed by atoms with E-state index in [-0.39, 0.29) is 17.4 Å². The van der Waals surface area contributed by atoms with Crippen molar-refractivity contribution in [1.82, 2.24) is 10.2 Å². The van der Waals surface area contributed by atoms with Crippen molar-refractivity contribution >= 4 is 27.7 Å². The van der Waals surface area contributed by atoms with Crippen molar-refractivity contribution in [2.24, 2.45) is 5.92 Å². The highest BCUT2D eigenvalue weighted by Gasteiger charge is 2.29. The maximum absolute atomic E-state index is 11.4. The van der Waals surface area contributed by atoms with Crippen molar-refractivity contribution in [1.29, 1.82) is 0 Å². The molecule has 0 amide bonds. The van der Waals surface area contributed by atoms with E-state index in [2.05, 4.69) is 10.2 Å². The van der Waals surface area contributed by atoms with E-state index in [1.165, 1.54) is 11.8 Å². The molecule has 5 nitrogen and oxygen atoms in total. The molecule has 2 heterocycles. The molecule has 2 aromatic rings. The van der Waals surface area contributed by atoms with E-state index in [1.54, 1.807) is 0 Å². The maximum Gasteiger partial charge on any atom is 0.276 e. The van der Waals surface area contributed by atoms with Crippen LogP contribution in [0.25, 0.3) is 6.08 Å². The Morgan fingerprint density at radius 3 is 2.83 bits per heavy atom. The van der Waals surface area contributed by atoms with Crippen molar-refractivity contribution < 1.29 is 12.8 Å². The minimum Gasteiger partial charge on any atom is -0.416 e. The molecule has 7 heteroatoms. The highest BCUT2D eigenvalue weighted by molar-refractivity contribution is 7.99. The molecule has 1 fully saturated rings. The van der Waals surface area contributed by atoms with Crippen LogP contribution < -0.4 is 0 Å². The predicted octanol–water partition coefficient (Wildman–Crippen LogP) is 2.85. The molecule has 1 unspecified atom stereocenters. The van der Waals surface area contributed by atoms with Crippen LogP contribution in [0.3, 0.4) is 0 Å². The molecule has 0 N–H and O–H groups in total. The lowest BCUT2D eigenvalue weighted by molar-refractivity contribution is 0.389. The van der Waals surface area contributed by atoms with E-state index < -0.39 is 9.84 Å². The number of sulfone groups is 1. The van der Waals surface area contributed by atoms with Gasteiger partial charge in [-0.3, -0.25) is 0 Å². The molecule has 0 saturated carbocycles. The van der Waals surface area contributed by atoms with Crippen LogP contribution in [-0.4, -0.2) is 35.9 Å². The number of hydrogen-bond acceptors (Lipinski definition) is 6. The first-order valence-electron chi connectivity index (χ1n) is 7.48. The zero-order valence-corrected chi connectivity index (χ0v) is 14.2. The summed E-state index contributed by atoms with van der Waals surface area (Å²) in [7, 11) is -2.86. The highest BCUT2D eigenvalue weighted by atomic mass is 32.2. The second-order valence-electron chi connectivity index (χ2n) is 5.56. The fourth-order valence-corrected chi connectivity index (χ4v) is 4.98. The Morgan fingerprint density at radius 1 is 1.26 bits per heavy atom. The Hall–Kier alpha value is -1.60. The van der Waals surface area contributed by atoms with Crippen LogP contribution in [-0.2, 0) is 16.3 Å². The summed E-state index contributed by atoms with van der Waals surface area (Å²) in [5.41, 5.74) is 1.15. The van der Waals surface area contributed by atoms with Crippen molar-refractivity contribution in [3.8, 4) is 0 Å². The summed E-state index contributed by atoms with van der Waals surface area (Å²) in [5.74, 6) is 1.89. The van der Waals surface area contributed by atoms with Crippen molar-refractivity contribution in [3.63, 3.8) is 0 Å². The summed E-state index contributed by atoms with van der Waals surface area (Å²) in [6.45, 7) is 0. The number of thioether (sulfide) groups is 1. The third-order valence-electron chi connectivity index (χ3n) is 3.65. The largest absolute Gasteiger partial charge is 0.416 e. The first-order valence-corrected chi connectivity index (χ1v) is 10.3. The topological polar surface area (TPSA) is 73.1 Å². The van der Waals surface area contributed by atoms with Crippen molar-refractivity contribution in [3.05, 3.63) is 47.9 Å². The van der Waals surface area contributed by atoms with E-state index in [0.717, 1.165) is 11.3 Å². The van der Waals surface area contributed by atoms with E-state index in [0.29, 0.717) is 24.0 Å². The summed E-state index contributed by atoms with van der Waals surface area (Å²) in [6, 6.07) is 10.1. The highest BCUT2D eigenvalue weighted by Crippen LogP contribution is 2.24. The van der Waals surface area contributed by atoms with Gasteiger partial charge in [0.1, 0.15) is 0 Å². The van der Waals surface area contributed by atoms with Gasteiger partial charge in [0.05, 0.1) is 11.5 Å². The fourth-order valence-electron chi connectivity index (χ4n) is 2.53. The fraction of sp³-hybridized carbons (Fsp3) is 0.375. The number of hydrogen-bond donors (Lipinski definition) is 0. The van der Waals surface area contributed by atoms with Crippen LogP contribution in [0.5, 0.6) is 0 Å². The Morgan fingerprint density at radius 2 is 2.09 bits per heavy atom. The monoisotopic (exact) mass is 350 g/mol. The van der Waals surface area contributed by atoms with Gasteiger partial charge in [0.2, 0.25) is 5.89 Å². The Kier molecular flexibility index (Phi) is 5.17. The minimum atomic E-state index is -2.86. The number of rotatable bonds is 6. The van der Waals surface area contributed by atoms with Crippen LogP contribution >= 0.6 is 11.8 Å². The molecule has 122 valence electrons. The van der Waals surface area contributed by atoms with Crippen LogP contribution in [0.4, 0.5) is 0 Å². The smallest absolute Gasteiger partial charge is 0.276 e. The first kappa shape index (κ1) is 16.3. The van der Waals surface area contributed by atoms with Gasteiger partial charge in [-0.15, -0.1) is 10.2 Å². The molecule has 1 aromatic heterocycles. The third-order valence-corrected chi connectivity index (χ3v) is 6.26. The normalized spacial score (nSPS) is 20.3. The molecule has 0 spiro atoms. The molecule has 1 aliphatic heterocycles. The standard InChI is InChI=1S/C16H18N2O3S2/c19-23(20)10-8-14(12-23)11-15-17-18-16(21-15)22-9-4-7-13-5-2-1-3-6-13/h1-7,14H,8-12H2/b7-4+. The second-order valence-corrected chi connectivity index (χ2v) is 8.76. The van der Waals surface area contributed by atoms with Crippen LogP contribution in [0.1, 0.15) is 17.9 Å². The van der Waals surface area contributed by atoms with Crippen LogP contribution in [0, 0.1) is 5.92 Å². The van der Waals surface area contributed by atoms with E-state index in [4.69, 9.17) is 4.42 Å². The molecule has 1 aliphatic rings. The molecule has 0 radical (unpaired) electrons. The Balaban J connectivity index is 1.47. The average molecular weight is 350 g/mol. The molecular weight excluding hydrogens is 332 g/mol. The molecular formula is C16H18N2O3S2. The molecule has 3 rings (SSSR count). The lowest BCUT2D eigenvalue weighted by Crippen LogP contribution is -2.07. The van der Waals surface area contributed by atoms with Gasteiger partial charge in [0.25, 0.3) is 5.22 Å². The molecule has 0 bridgehead atoms. The van der Waals surface area contributed by atoms with Gasteiger partial charge < -0.3 is 4.42 Å². The van der Waals surface area contributed by atoms with E-state index in [9.17, 15) is 8.42 Å². The lowest BCUT2D eigenvalue weighted by atomic mass is 10.1. The molecule has 1 aromatic carbocycles. The summed E-state index contributed by atoms with van der Waals surface area (Å²) in [4.78, 5) is 0. The number of aromatic nitrogens is 2. The Bertz CT molecular complexity index is 770. The number of nitrogens with zero attached hydrogens (tertiary/aromatic N) is 2. The molecule has 1 saturated heterocycles. The number of benzene rings is 1. The van der Waals surface area contributed by atoms with Gasteiger partial charge in [0, 0.05) is 12.2 Å². The first-order chi connectivity index (χ1) is 11.1. The quantitative estimate of drug-likeness (QED) is 0.746. The summed E-state index contributed by atoms with van der Waals surface area (Å²) in [6.07, 6.45) is 5.33. The minimum absolute atomic E-state index is 0.108. The van der Waals surface area contributed by atoms with Gasteiger partial charge in [-0.25, -0.2) is 8.42 Å². The Labute approximate surface area is 140 Å². The van der Waals surface area contributed by atoms with E-state index >= 15 is 0 Å². The maximum atomic E-state index is 11.4.